The summed E-state index contributed by atoms with van der Waals surface area (Å²) in [6, 6.07) is 2.86. The minimum Gasteiger partial charge on any atom is -0.487 e. The van der Waals surface area contributed by atoms with E-state index in [-0.39, 0.29) is 42.4 Å². The molecule has 0 aliphatic carbocycles. The van der Waals surface area contributed by atoms with Gasteiger partial charge in [0.25, 0.3) is 10.0 Å². The number of nitrogens with zero attached hydrogens (tertiary/aromatic N) is 1. The summed E-state index contributed by atoms with van der Waals surface area (Å²) in [5.41, 5.74) is 11.0. The normalized spacial score (nSPS) is 21.7. The van der Waals surface area contributed by atoms with Gasteiger partial charge in [-0.25, -0.2) is 8.42 Å². The molecule has 2 aliphatic rings. The first-order valence-electron chi connectivity index (χ1n) is 20.2. The Morgan fingerprint density at radius 1 is 0.917 bits per heavy atom. The summed E-state index contributed by atoms with van der Waals surface area (Å²) in [5, 5.41) is 19.8. The Balaban J connectivity index is 1.50. The van der Waals surface area contributed by atoms with Crippen LogP contribution >= 0.6 is 0 Å². The highest BCUT2D eigenvalue weighted by molar-refractivity contribution is 7.89. The fourth-order valence-electron chi connectivity index (χ4n) is 7.07. The Bertz CT molecular complexity index is 2100. The van der Waals surface area contributed by atoms with Gasteiger partial charge in [0.05, 0.1) is 24.2 Å². The van der Waals surface area contributed by atoms with E-state index in [9.17, 15) is 42.3 Å². The van der Waals surface area contributed by atoms with Crippen molar-refractivity contribution in [3.63, 3.8) is 0 Å². The lowest BCUT2D eigenvalue weighted by Gasteiger charge is -2.26. The second kappa shape index (κ2) is 21.1. The van der Waals surface area contributed by atoms with Crippen LogP contribution in [0.25, 0.3) is 0 Å². The maximum absolute atomic E-state index is 13.8. The predicted octanol–water partition coefficient (Wildman–Crippen LogP) is -0.168. The zero-order chi connectivity index (χ0) is 45.1. The van der Waals surface area contributed by atoms with Gasteiger partial charge in [0.2, 0.25) is 29.5 Å². The molecule has 1 fully saturated rings. The zero-order valence-electron chi connectivity index (χ0n) is 35.6. The van der Waals surface area contributed by atoms with E-state index in [4.69, 9.17) is 11.9 Å². The lowest BCUT2D eigenvalue weighted by atomic mass is 9.94. The zero-order valence-corrected chi connectivity index (χ0v) is 35.4. The van der Waals surface area contributed by atoms with Crippen molar-refractivity contribution in [3.8, 4) is 5.75 Å². The van der Waals surface area contributed by atoms with Gasteiger partial charge in [-0.3, -0.25) is 39.2 Å². The van der Waals surface area contributed by atoms with E-state index in [0.717, 1.165) is 17.5 Å². The number of sulfonamides is 1. The fraction of sp³-hybridized carbons (Fsp3) is 0.525. The van der Waals surface area contributed by atoms with Gasteiger partial charge in [-0.05, 0) is 95.5 Å². The van der Waals surface area contributed by atoms with Crippen LogP contribution in [0.15, 0.2) is 40.2 Å². The van der Waals surface area contributed by atoms with Crippen molar-refractivity contribution in [2.24, 2.45) is 10.7 Å². The Labute approximate surface area is 351 Å². The third-order valence-corrected chi connectivity index (χ3v) is 11.7. The van der Waals surface area contributed by atoms with Crippen molar-refractivity contribution in [3.05, 3.63) is 58.1 Å². The number of hydrogen-bond acceptors (Lipinski definition) is 11. The summed E-state index contributed by atoms with van der Waals surface area (Å²) in [4.78, 5) is 86.1. The van der Waals surface area contributed by atoms with Crippen molar-refractivity contribution in [1.82, 2.24) is 36.8 Å². The molecule has 328 valence electrons. The van der Waals surface area contributed by atoms with Gasteiger partial charge in [0.15, 0.2) is 1.41 Å². The van der Waals surface area contributed by atoms with Crippen LogP contribution in [0.3, 0.4) is 0 Å². The van der Waals surface area contributed by atoms with Crippen molar-refractivity contribution in [2.45, 2.75) is 121 Å². The van der Waals surface area contributed by atoms with Crippen LogP contribution in [0.1, 0.15) is 80.2 Å². The predicted molar refractivity (Wildman–Crippen MR) is 221 cm³/mol. The van der Waals surface area contributed by atoms with Crippen LogP contribution in [-0.4, -0.2) is 105 Å². The standard InChI is InChI=1S/C40H57N9O10S/c1-23-24(2)35(25(3)27-20-40(4,5)59-34(23)27)60(57,58)49-44-22-42-17-11-15-28-36(53)43-21-32(50)45-31(19-33(51)52)39(56)48-30(18-26-12-7-6-8-13-26)38(55)47-29(37(54)46-28)14-9-10-16-41/h6-8,12-13,22,28-31,49H,9-11,14-21,41H2,1-5H3,(H,42,44)(H,43,53)(H,45,50)(H,46,54)(H,47,55)(H,48,56)(H,51,52)/t28-,29-,30-,31-/m0/s1/i/hD. The number of ether oxygens (including phenoxy) is 1. The number of carboxylic acids is 1. The van der Waals surface area contributed by atoms with Crippen molar-refractivity contribution in [1.29, 1.82) is 0 Å². The highest BCUT2D eigenvalue weighted by Crippen LogP contribution is 2.43. The van der Waals surface area contributed by atoms with Crippen LogP contribution in [0.4, 0.5) is 0 Å². The second-order valence-corrected chi connectivity index (χ2v) is 17.1. The van der Waals surface area contributed by atoms with E-state index in [2.05, 4.69) is 36.5 Å². The van der Waals surface area contributed by atoms with E-state index < -0.39 is 88.3 Å². The maximum Gasteiger partial charge on any atom is 0.305 e. The van der Waals surface area contributed by atoms with E-state index >= 15 is 0 Å². The number of rotatable bonds is 16. The summed E-state index contributed by atoms with van der Waals surface area (Å²) in [5.74, 6) is -5.40. The molecular formula is C40H57N9O10S. The number of unbranched alkanes of at least 4 members (excludes halogenated alkanes) is 1. The van der Waals surface area contributed by atoms with E-state index in [1.165, 1.54) is 0 Å². The average Bonchev–Trinajstić information content (AvgIpc) is 3.54. The Kier molecular flexibility index (Phi) is 16.0. The lowest BCUT2D eigenvalue weighted by molar-refractivity contribution is -0.141. The number of carbonyl (C=O) groups is 6. The molecule has 4 atom stereocenters. The molecule has 0 aromatic heterocycles. The van der Waals surface area contributed by atoms with Crippen molar-refractivity contribution >= 4 is 51.9 Å². The summed E-state index contributed by atoms with van der Waals surface area (Å²) in [7, 11) is -4.05. The molecule has 2 aliphatic heterocycles. The summed E-state index contributed by atoms with van der Waals surface area (Å²) < 4.78 is 41.3. The quantitative estimate of drug-likeness (QED) is 0.0461. The minimum atomic E-state index is -4.05. The van der Waals surface area contributed by atoms with E-state index in [1.807, 2.05) is 20.8 Å². The smallest absolute Gasteiger partial charge is 0.305 e. The van der Waals surface area contributed by atoms with Crippen LogP contribution in [0, 0.1) is 20.8 Å². The molecule has 0 bridgehead atoms. The minimum absolute atomic E-state index is 0.0353. The number of amides is 5. The summed E-state index contributed by atoms with van der Waals surface area (Å²) >= 11 is 0. The highest BCUT2D eigenvalue weighted by atomic mass is 32.2. The van der Waals surface area contributed by atoms with Gasteiger partial charge in [-0.15, -0.1) is 4.83 Å². The SMILES string of the molecule is [2H]N1C(=O)CNC(=O)[C@H](CCCN=CNNS(=O)(=O)c2c(C)c(C)c3c(c2C)CC(C)(C)O3)NC(=O)[C@H](CCCCN)NC(=O)[C@H](Cc2ccccc2)NC(=O)[C@@H]1CC(=O)O. The third-order valence-electron chi connectivity index (χ3n) is 10.2. The molecule has 4 rings (SSSR count). The molecule has 60 heavy (non-hydrogen) atoms. The molecule has 10 N–H and O–H groups in total. The number of nitrogens with one attached hydrogen (secondary N) is 7. The first kappa shape index (κ1) is 45.5. The molecular weight excluding hydrogens is 799 g/mol. The van der Waals surface area contributed by atoms with Gasteiger partial charge in [-0.1, -0.05) is 30.3 Å². The largest absolute Gasteiger partial charge is 0.487 e. The van der Waals surface area contributed by atoms with E-state index in [0.29, 0.717) is 48.2 Å². The van der Waals surface area contributed by atoms with Crippen LogP contribution in [0.5, 0.6) is 5.75 Å². The Morgan fingerprint density at radius 3 is 2.20 bits per heavy atom. The second-order valence-electron chi connectivity index (χ2n) is 15.5. The molecule has 0 unspecified atom stereocenters. The number of carbonyl (C=O) groups excluding carboxylic acids is 5. The molecule has 19 nitrogen and oxygen atoms in total. The molecule has 0 saturated carbocycles. The molecule has 1 saturated heterocycles. The average molecular weight is 857 g/mol. The number of hydrogen-bond donors (Lipinski definition) is 9. The number of carboxylic acid groups (broad SMARTS) is 1. The number of fused-ring (bicyclic) bond motifs is 1. The topological polar surface area (TPSA) is 289 Å². The monoisotopic (exact) mass is 856 g/mol. The molecule has 0 spiro atoms. The highest BCUT2D eigenvalue weighted by Gasteiger charge is 2.37. The summed E-state index contributed by atoms with van der Waals surface area (Å²) in [6.45, 7) is 8.70. The summed E-state index contributed by atoms with van der Waals surface area (Å²) in [6.07, 6.45) is 1.80. The Morgan fingerprint density at radius 2 is 1.53 bits per heavy atom. The molecule has 2 aromatic rings. The number of aliphatic imine (C=N–C) groups is 1. The van der Waals surface area contributed by atoms with Gasteiger partial charge in [0.1, 0.15) is 35.5 Å². The molecule has 20 heteroatoms. The van der Waals surface area contributed by atoms with Gasteiger partial charge in [0, 0.05) is 24.9 Å². The molecule has 2 heterocycles. The molecule has 0 radical (unpaired) electrons. The van der Waals surface area contributed by atoms with Crippen LogP contribution in [-0.2, 0) is 51.6 Å². The first-order valence-corrected chi connectivity index (χ1v) is 21.3. The third kappa shape index (κ3) is 12.9. The van der Waals surface area contributed by atoms with Crippen molar-refractivity contribution < 1.29 is 48.4 Å². The van der Waals surface area contributed by atoms with Gasteiger partial charge >= 0.3 is 5.97 Å². The van der Waals surface area contributed by atoms with Gasteiger partial charge in [-0.2, -0.15) is 0 Å². The molecule has 5 amide bonds. The number of aliphatic carboxylic acids is 1. The first-order chi connectivity index (χ1) is 28.8. The van der Waals surface area contributed by atoms with Crippen molar-refractivity contribution in [2.75, 3.05) is 19.6 Å². The Hall–Kier alpha value is -5.60. The lowest BCUT2D eigenvalue weighted by Crippen LogP contribution is -2.58. The fourth-order valence-corrected chi connectivity index (χ4v) is 8.46. The van der Waals surface area contributed by atoms with Crippen LogP contribution < -0.4 is 47.3 Å². The number of benzene rings is 2. The maximum atomic E-state index is 13.8. The van der Waals surface area contributed by atoms with Gasteiger partial charge < -0.3 is 42.2 Å². The molecule has 2 aromatic carbocycles. The number of nitrogens with two attached hydrogens (primary N) is 1. The van der Waals surface area contributed by atoms with E-state index in [1.54, 1.807) is 44.2 Å². The van der Waals surface area contributed by atoms with Crippen LogP contribution in [0.2, 0.25) is 1.41 Å². The number of hydrazine groups is 1.